The fourth-order valence-corrected chi connectivity index (χ4v) is 1.17. The molecule has 0 unspecified atom stereocenters. The predicted octanol–water partition coefficient (Wildman–Crippen LogP) is 2.71. The summed E-state index contributed by atoms with van der Waals surface area (Å²) in [6.45, 7) is -0.798. The molecule has 2 nitrogen and oxygen atoms in total. The average Bonchev–Trinajstić information content (AvgIpc) is 1.99. The molecule has 10 heteroatoms. The minimum absolute atomic E-state index is 0.610. The van der Waals surface area contributed by atoms with Gasteiger partial charge in [0.2, 0.25) is 0 Å². The zero-order chi connectivity index (χ0) is 13.0. The molecule has 0 amide bonds. The van der Waals surface area contributed by atoms with Crippen LogP contribution in [-0.4, -0.2) is 35.8 Å². The number of nitrogens with zero attached hydrogens (tertiary/aromatic N) is 1. The van der Waals surface area contributed by atoms with Crippen LogP contribution >= 0.6 is 0 Å². The molecule has 0 saturated carbocycles. The third-order valence-corrected chi connectivity index (χ3v) is 1.95. The van der Waals surface area contributed by atoms with E-state index in [-0.39, 0.29) is 0 Å². The van der Waals surface area contributed by atoms with Crippen LogP contribution in [0.4, 0.5) is 35.1 Å². The van der Waals surface area contributed by atoms with Gasteiger partial charge < -0.3 is 0 Å². The van der Waals surface area contributed by atoms with Gasteiger partial charge in [0.05, 0.1) is 0 Å². The van der Waals surface area contributed by atoms with Gasteiger partial charge in [-0.1, -0.05) is 6.92 Å². The number of morpholine rings is 1. The summed E-state index contributed by atoms with van der Waals surface area (Å²) in [5.41, 5.74) is 0. The molecule has 0 N–H and O–H groups in total. The van der Waals surface area contributed by atoms with Gasteiger partial charge in [-0.3, -0.25) is 0 Å². The molecule has 0 bridgehead atoms. The van der Waals surface area contributed by atoms with Gasteiger partial charge in [0.15, 0.2) is 0 Å². The highest BCUT2D eigenvalue weighted by atomic mass is 19.4. The van der Waals surface area contributed by atoms with Crippen molar-refractivity contribution in [1.82, 2.24) is 4.90 Å². The summed E-state index contributed by atoms with van der Waals surface area (Å²) in [6.07, 6.45) is -11.4. The van der Waals surface area contributed by atoms with Gasteiger partial charge in [-0.15, -0.1) is 0 Å². The number of hydrogen-bond donors (Lipinski definition) is 0. The standard InChI is InChI=1S/C6H5F8NO/c1-2-15-3(7,8)5(11,12)16-6(13,14)4(15,9)10/h2H2,1H3. The molecule has 0 aromatic carbocycles. The second-order valence-electron chi connectivity index (χ2n) is 2.96. The van der Waals surface area contributed by atoms with E-state index in [1.807, 2.05) is 0 Å². The fourth-order valence-electron chi connectivity index (χ4n) is 1.17. The van der Waals surface area contributed by atoms with Crippen molar-refractivity contribution in [1.29, 1.82) is 0 Å². The van der Waals surface area contributed by atoms with Gasteiger partial charge in [-0.25, -0.2) is 4.74 Å². The van der Waals surface area contributed by atoms with Gasteiger partial charge >= 0.3 is 24.3 Å². The molecule has 0 spiro atoms. The molecule has 1 saturated heterocycles. The van der Waals surface area contributed by atoms with E-state index in [9.17, 15) is 35.1 Å². The Bertz CT molecular complexity index is 264. The Morgan fingerprint density at radius 1 is 0.812 bits per heavy atom. The zero-order valence-electron chi connectivity index (χ0n) is 7.59. The molecule has 0 aromatic rings. The summed E-state index contributed by atoms with van der Waals surface area (Å²) in [5, 5.41) is 0. The second kappa shape index (κ2) is 3.19. The zero-order valence-corrected chi connectivity index (χ0v) is 7.59. The average molecular weight is 259 g/mol. The molecule has 96 valence electrons. The van der Waals surface area contributed by atoms with Crippen LogP contribution in [0.5, 0.6) is 0 Å². The van der Waals surface area contributed by atoms with Crippen LogP contribution in [0.2, 0.25) is 0 Å². The number of halogens is 8. The summed E-state index contributed by atoms with van der Waals surface area (Å²) in [4.78, 5) is -1.59. The van der Waals surface area contributed by atoms with Crippen molar-refractivity contribution in [3.63, 3.8) is 0 Å². The highest BCUT2D eigenvalue weighted by Crippen LogP contribution is 2.55. The van der Waals surface area contributed by atoms with Crippen molar-refractivity contribution in [2.24, 2.45) is 0 Å². The maximum Gasteiger partial charge on any atom is 0.439 e. The molecule has 1 heterocycles. The number of ether oxygens (including phenoxy) is 1. The van der Waals surface area contributed by atoms with Crippen molar-refractivity contribution in [3.05, 3.63) is 0 Å². The minimum Gasteiger partial charge on any atom is -0.243 e. The quantitative estimate of drug-likeness (QED) is 0.530. The van der Waals surface area contributed by atoms with Crippen LogP contribution in [0.3, 0.4) is 0 Å². The lowest BCUT2D eigenvalue weighted by Gasteiger charge is -2.46. The number of hydrogen-bond acceptors (Lipinski definition) is 2. The predicted molar refractivity (Wildman–Crippen MR) is 33.3 cm³/mol. The van der Waals surface area contributed by atoms with Crippen molar-refractivity contribution in [2.45, 2.75) is 31.2 Å². The summed E-state index contributed by atoms with van der Waals surface area (Å²) in [5.74, 6) is 0. The molecule has 1 fully saturated rings. The molecule has 16 heavy (non-hydrogen) atoms. The third kappa shape index (κ3) is 1.46. The number of likely N-dealkylation sites (N-methyl/N-ethyl adjacent to an activating group) is 1. The van der Waals surface area contributed by atoms with Crippen molar-refractivity contribution in [3.8, 4) is 0 Å². The van der Waals surface area contributed by atoms with Gasteiger partial charge in [0.25, 0.3) is 0 Å². The lowest BCUT2D eigenvalue weighted by atomic mass is 10.3. The Kier molecular flexibility index (Phi) is 2.67. The lowest BCUT2D eigenvalue weighted by Crippen LogP contribution is -2.73. The first-order valence-electron chi connectivity index (χ1n) is 3.89. The Hall–Kier alpha value is -0.640. The Morgan fingerprint density at radius 3 is 1.38 bits per heavy atom. The highest BCUT2D eigenvalue weighted by Gasteiger charge is 2.82. The molecular formula is C6H5F8NO. The van der Waals surface area contributed by atoms with Crippen LogP contribution < -0.4 is 0 Å². The second-order valence-corrected chi connectivity index (χ2v) is 2.96. The van der Waals surface area contributed by atoms with Gasteiger partial charge in [-0.05, 0) is 0 Å². The van der Waals surface area contributed by atoms with Crippen LogP contribution in [-0.2, 0) is 4.74 Å². The maximum absolute atomic E-state index is 12.7. The summed E-state index contributed by atoms with van der Waals surface area (Å²) in [6, 6.07) is -11.0. The van der Waals surface area contributed by atoms with Gasteiger partial charge in [0.1, 0.15) is 0 Å². The number of alkyl halides is 8. The van der Waals surface area contributed by atoms with Crippen LogP contribution in [0.15, 0.2) is 0 Å². The van der Waals surface area contributed by atoms with E-state index in [1.54, 1.807) is 0 Å². The molecule has 0 aromatic heterocycles. The first kappa shape index (κ1) is 13.4. The summed E-state index contributed by atoms with van der Waals surface area (Å²) in [7, 11) is 0. The molecule has 1 aliphatic heterocycles. The van der Waals surface area contributed by atoms with Gasteiger partial charge in [0, 0.05) is 6.54 Å². The summed E-state index contributed by atoms with van der Waals surface area (Å²) >= 11 is 0. The molecular weight excluding hydrogens is 254 g/mol. The van der Waals surface area contributed by atoms with Crippen molar-refractivity contribution < 1.29 is 39.9 Å². The first-order chi connectivity index (χ1) is 6.90. The molecule has 0 aliphatic carbocycles. The van der Waals surface area contributed by atoms with E-state index in [2.05, 4.69) is 4.74 Å². The Balaban J connectivity index is 3.29. The van der Waals surface area contributed by atoms with E-state index in [4.69, 9.17) is 0 Å². The van der Waals surface area contributed by atoms with Crippen molar-refractivity contribution in [2.75, 3.05) is 6.54 Å². The fraction of sp³-hybridized carbons (Fsp3) is 1.00. The Morgan fingerprint density at radius 2 is 1.12 bits per heavy atom. The van der Waals surface area contributed by atoms with Crippen molar-refractivity contribution >= 4 is 0 Å². The molecule has 0 atom stereocenters. The SMILES string of the molecule is CCN1C(F)(F)C(F)(F)OC(F)(F)C1(F)F. The largest absolute Gasteiger partial charge is 0.439 e. The normalized spacial score (nSPS) is 31.3. The van der Waals surface area contributed by atoms with E-state index >= 15 is 0 Å². The van der Waals surface area contributed by atoms with E-state index in [0.29, 0.717) is 6.92 Å². The first-order valence-corrected chi connectivity index (χ1v) is 3.89. The van der Waals surface area contributed by atoms with Gasteiger partial charge in [-0.2, -0.15) is 40.0 Å². The van der Waals surface area contributed by atoms with E-state index in [1.165, 1.54) is 0 Å². The molecule has 0 radical (unpaired) electrons. The van der Waals surface area contributed by atoms with Crippen LogP contribution in [0.25, 0.3) is 0 Å². The van der Waals surface area contributed by atoms with Crippen LogP contribution in [0, 0.1) is 0 Å². The topological polar surface area (TPSA) is 12.5 Å². The molecule has 1 aliphatic rings. The summed E-state index contributed by atoms with van der Waals surface area (Å²) < 4.78 is 103. The minimum atomic E-state index is -5.70. The highest BCUT2D eigenvalue weighted by molar-refractivity contribution is 4.93. The smallest absolute Gasteiger partial charge is 0.243 e. The third-order valence-electron chi connectivity index (χ3n) is 1.95. The van der Waals surface area contributed by atoms with Crippen LogP contribution in [0.1, 0.15) is 6.92 Å². The Labute approximate surface area is 83.8 Å². The monoisotopic (exact) mass is 259 g/mol. The van der Waals surface area contributed by atoms with E-state index < -0.39 is 35.8 Å². The number of rotatable bonds is 1. The maximum atomic E-state index is 12.7. The van der Waals surface area contributed by atoms with E-state index in [0.717, 1.165) is 0 Å². The lowest BCUT2D eigenvalue weighted by molar-refractivity contribution is -0.562. The molecule has 1 rings (SSSR count).